The summed E-state index contributed by atoms with van der Waals surface area (Å²) in [7, 11) is 1.87. The molecule has 6 nitrogen and oxygen atoms in total. The van der Waals surface area contributed by atoms with Gasteiger partial charge in [-0.15, -0.1) is 0 Å². The lowest BCUT2D eigenvalue weighted by atomic mass is 10.2. The molecule has 2 heterocycles. The molecule has 0 atom stereocenters. The van der Waals surface area contributed by atoms with Crippen molar-refractivity contribution in [3.63, 3.8) is 0 Å². The Labute approximate surface area is 179 Å². The van der Waals surface area contributed by atoms with Crippen LogP contribution in [0.1, 0.15) is 0 Å². The molecule has 0 saturated carbocycles. The summed E-state index contributed by atoms with van der Waals surface area (Å²) in [6, 6.07) is 10.7. The van der Waals surface area contributed by atoms with Crippen molar-refractivity contribution in [1.29, 1.82) is 0 Å². The zero-order valence-corrected chi connectivity index (χ0v) is 17.9. The van der Waals surface area contributed by atoms with E-state index in [1.807, 2.05) is 42.1 Å². The van der Waals surface area contributed by atoms with Gasteiger partial charge in [-0.2, -0.15) is 0 Å². The SMILES string of the molecule is Cn1ccnc1Sc1cc(OCCBr)c(Nc2ncnc3ccccc23)cc1F. The lowest BCUT2D eigenvalue weighted by molar-refractivity contribution is 0.345. The van der Waals surface area contributed by atoms with Crippen molar-refractivity contribution in [3.05, 3.63) is 60.9 Å². The minimum atomic E-state index is -0.370. The first-order chi connectivity index (χ1) is 14.2. The van der Waals surface area contributed by atoms with Crippen LogP contribution in [0.3, 0.4) is 0 Å². The van der Waals surface area contributed by atoms with E-state index in [2.05, 4.69) is 36.2 Å². The van der Waals surface area contributed by atoms with E-state index in [9.17, 15) is 4.39 Å². The number of nitrogens with zero attached hydrogens (tertiary/aromatic N) is 4. The summed E-state index contributed by atoms with van der Waals surface area (Å²) >= 11 is 4.61. The molecule has 0 bridgehead atoms. The van der Waals surface area contributed by atoms with E-state index in [0.29, 0.717) is 39.2 Å². The Kier molecular flexibility index (Phi) is 5.96. The van der Waals surface area contributed by atoms with Crippen molar-refractivity contribution in [1.82, 2.24) is 19.5 Å². The minimum Gasteiger partial charge on any atom is -0.490 e. The lowest BCUT2D eigenvalue weighted by Gasteiger charge is -2.15. The first kappa shape index (κ1) is 19.7. The summed E-state index contributed by atoms with van der Waals surface area (Å²) in [6.07, 6.45) is 4.97. The van der Waals surface area contributed by atoms with Gasteiger partial charge in [-0.25, -0.2) is 19.3 Å². The number of benzene rings is 2. The molecule has 2 aromatic carbocycles. The third-order valence-corrected chi connectivity index (χ3v) is 5.58. The summed E-state index contributed by atoms with van der Waals surface area (Å²) in [5.41, 5.74) is 1.30. The minimum absolute atomic E-state index is 0.370. The molecule has 148 valence electrons. The van der Waals surface area contributed by atoms with Crippen LogP contribution in [0.15, 0.2) is 65.2 Å². The Bertz CT molecular complexity index is 1150. The summed E-state index contributed by atoms with van der Waals surface area (Å²) in [4.78, 5) is 13.3. The standard InChI is InChI=1S/C20H17BrFN5OS/c1-27-8-7-23-20(27)29-18-11-17(28-9-6-21)16(10-14(18)22)26-19-13-4-2-3-5-15(13)24-12-25-19/h2-5,7-8,10-12H,6,9H2,1H3,(H,24,25,26). The van der Waals surface area contributed by atoms with Crippen LogP contribution in [0.4, 0.5) is 15.9 Å². The maximum atomic E-state index is 14.9. The molecule has 2 aromatic heterocycles. The molecule has 4 rings (SSSR count). The zero-order chi connectivity index (χ0) is 20.2. The summed E-state index contributed by atoms with van der Waals surface area (Å²) in [5.74, 6) is 0.749. The highest BCUT2D eigenvalue weighted by atomic mass is 79.9. The van der Waals surface area contributed by atoms with E-state index in [1.165, 1.54) is 24.2 Å². The van der Waals surface area contributed by atoms with Gasteiger partial charge in [0.05, 0.1) is 22.7 Å². The van der Waals surface area contributed by atoms with E-state index in [0.717, 1.165) is 10.9 Å². The highest BCUT2D eigenvalue weighted by molar-refractivity contribution is 9.09. The number of rotatable bonds is 7. The number of para-hydroxylation sites is 1. The fourth-order valence-corrected chi connectivity index (χ4v) is 3.76. The smallest absolute Gasteiger partial charge is 0.172 e. The van der Waals surface area contributed by atoms with Gasteiger partial charge in [0.25, 0.3) is 0 Å². The number of hydrogen-bond acceptors (Lipinski definition) is 6. The van der Waals surface area contributed by atoms with E-state index in [-0.39, 0.29) is 5.82 Å². The first-order valence-corrected chi connectivity index (χ1v) is 10.7. The van der Waals surface area contributed by atoms with Gasteiger partial charge in [-0.3, -0.25) is 0 Å². The average molecular weight is 474 g/mol. The number of halogens is 2. The number of alkyl halides is 1. The van der Waals surface area contributed by atoms with Gasteiger partial charge in [0.2, 0.25) is 0 Å². The predicted molar refractivity (Wildman–Crippen MR) is 116 cm³/mol. The third kappa shape index (κ3) is 4.35. The van der Waals surface area contributed by atoms with Crippen LogP contribution < -0.4 is 10.1 Å². The van der Waals surface area contributed by atoms with E-state index in [1.54, 1.807) is 12.3 Å². The van der Waals surface area contributed by atoms with Gasteiger partial charge in [-0.1, -0.05) is 28.1 Å². The lowest BCUT2D eigenvalue weighted by Crippen LogP contribution is -2.04. The summed E-state index contributed by atoms with van der Waals surface area (Å²) in [6.45, 7) is 0.442. The number of anilines is 2. The maximum Gasteiger partial charge on any atom is 0.172 e. The summed E-state index contributed by atoms with van der Waals surface area (Å²) in [5, 5.41) is 5.39. The van der Waals surface area contributed by atoms with Crippen LogP contribution >= 0.6 is 27.7 Å². The van der Waals surface area contributed by atoms with Crippen molar-refractivity contribution >= 4 is 50.1 Å². The van der Waals surface area contributed by atoms with Crippen LogP contribution in [-0.4, -0.2) is 31.5 Å². The molecule has 29 heavy (non-hydrogen) atoms. The largest absolute Gasteiger partial charge is 0.490 e. The predicted octanol–water partition coefficient (Wildman–Crippen LogP) is 5.17. The van der Waals surface area contributed by atoms with Gasteiger partial charge in [0, 0.05) is 36.2 Å². The molecule has 4 aromatic rings. The van der Waals surface area contributed by atoms with Crippen LogP contribution in [-0.2, 0) is 7.05 Å². The van der Waals surface area contributed by atoms with Crippen molar-refractivity contribution in [2.45, 2.75) is 10.1 Å². The zero-order valence-electron chi connectivity index (χ0n) is 15.5. The first-order valence-electron chi connectivity index (χ1n) is 8.80. The normalized spacial score (nSPS) is 11.0. The molecule has 0 aliphatic rings. The monoisotopic (exact) mass is 473 g/mol. The topological polar surface area (TPSA) is 64.9 Å². The highest BCUT2D eigenvalue weighted by Crippen LogP contribution is 2.37. The van der Waals surface area contributed by atoms with E-state index >= 15 is 0 Å². The average Bonchev–Trinajstić information content (AvgIpc) is 3.13. The Morgan fingerprint density at radius 1 is 1.21 bits per heavy atom. The van der Waals surface area contributed by atoms with Crippen LogP contribution in [0.5, 0.6) is 5.75 Å². The second-order valence-electron chi connectivity index (χ2n) is 6.10. The second-order valence-corrected chi connectivity index (χ2v) is 7.91. The van der Waals surface area contributed by atoms with Crippen molar-refractivity contribution < 1.29 is 9.13 Å². The molecule has 0 aliphatic heterocycles. The quantitative estimate of drug-likeness (QED) is 0.373. The number of aryl methyl sites for hydroxylation is 1. The number of hydrogen-bond donors (Lipinski definition) is 1. The second kappa shape index (κ2) is 8.79. The fraction of sp³-hybridized carbons (Fsp3) is 0.150. The summed E-state index contributed by atoms with van der Waals surface area (Å²) < 4.78 is 22.6. The Hall–Kier alpha value is -2.65. The molecule has 0 unspecified atom stereocenters. The molecule has 0 amide bonds. The molecular weight excluding hydrogens is 457 g/mol. The number of imidazole rings is 1. The Morgan fingerprint density at radius 2 is 2.07 bits per heavy atom. The number of aromatic nitrogens is 4. The highest BCUT2D eigenvalue weighted by Gasteiger charge is 2.16. The molecule has 0 saturated heterocycles. The van der Waals surface area contributed by atoms with Gasteiger partial charge < -0.3 is 14.6 Å². The molecule has 0 aliphatic carbocycles. The van der Waals surface area contributed by atoms with Gasteiger partial charge in [0.15, 0.2) is 5.16 Å². The molecule has 0 fully saturated rings. The molecule has 0 spiro atoms. The molecule has 0 radical (unpaired) electrons. The van der Waals surface area contributed by atoms with Crippen molar-refractivity contribution in [3.8, 4) is 5.75 Å². The van der Waals surface area contributed by atoms with Crippen molar-refractivity contribution in [2.75, 3.05) is 17.3 Å². The van der Waals surface area contributed by atoms with E-state index < -0.39 is 0 Å². The fourth-order valence-electron chi connectivity index (χ4n) is 2.76. The number of nitrogens with one attached hydrogen (secondary N) is 1. The molecular formula is C20H17BrFN5OS. The van der Waals surface area contributed by atoms with E-state index in [4.69, 9.17) is 4.74 Å². The Morgan fingerprint density at radius 3 is 2.86 bits per heavy atom. The van der Waals surface area contributed by atoms with Crippen molar-refractivity contribution in [2.24, 2.45) is 7.05 Å². The molecule has 1 N–H and O–H groups in total. The number of ether oxygens (including phenoxy) is 1. The van der Waals surface area contributed by atoms with Crippen LogP contribution in [0.25, 0.3) is 10.9 Å². The number of fused-ring (bicyclic) bond motifs is 1. The maximum absolute atomic E-state index is 14.9. The molecule has 9 heteroatoms. The van der Waals surface area contributed by atoms with Gasteiger partial charge in [-0.05, 0) is 30.0 Å². The van der Waals surface area contributed by atoms with Gasteiger partial charge >= 0.3 is 0 Å². The van der Waals surface area contributed by atoms with Crippen LogP contribution in [0, 0.1) is 5.82 Å². The third-order valence-electron chi connectivity index (χ3n) is 4.14. The Balaban J connectivity index is 1.71. The van der Waals surface area contributed by atoms with Gasteiger partial charge in [0.1, 0.15) is 23.7 Å². The van der Waals surface area contributed by atoms with Crippen LogP contribution in [0.2, 0.25) is 0 Å².